The molecule has 0 radical (unpaired) electrons. The van der Waals surface area contributed by atoms with Crippen LogP contribution in [0, 0.1) is 5.82 Å². The Morgan fingerprint density at radius 3 is 2.31 bits per heavy atom. The molecule has 1 aliphatic carbocycles. The van der Waals surface area contributed by atoms with E-state index in [4.69, 9.17) is 4.74 Å². The van der Waals surface area contributed by atoms with Gasteiger partial charge in [-0.3, -0.25) is 4.90 Å². The van der Waals surface area contributed by atoms with Crippen molar-refractivity contribution in [2.75, 3.05) is 20.2 Å². The Kier molecular flexibility index (Phi) is 5.93. The first-order valence-electron chi connectivity index (χ1n) is 10.9. The highest BCUT2D eigenvalue weighted by Gasteiger charge is 2.46. The molecule has 29 heavy (non-hydrogen) atoms. The molecule has 0 aromatic heterocycles. The summed E-state index contributed by atoms with van der Waals surface area (Å²) in [7, 11) is 1.71. The third-order valence-corrected chi connectivity index (χ3v) is 7.08. The largest absolute Gasteiger partial charge is 0.497 e. The van der Waals surface area contributed by atoms with Gasteiger partial charge in [0, 0.05) is 5.54 Å². The molecule has 1 aliphatic heterocycles. The van der Waals surface area contributed by atoms with Gasteiger partial charge in [-0.05, 0) is 93.4 Å². The van der Waals surface area contributed by atoms with Crippen LogP contribution in [0.3, 0.4) is 0 Å². The van der Waals surface area contributed by atoms with Gasteiger partial charge in [-0.15, -0.1) is 0 Å². The average Bonchev–Trinajstić information content (AvgIpc) is 2.77. The summed E-state index contributed by atoms with van der Waals surface area (Å²) in [5.74, 6) is 0.642. The molecule has 1 saturated carbocycles. The van der Waals surface area contributed by atoms with Crippen molar-refractivity contribution < 1.29 is 14.2 Å². The van der Waals surface area contributed by atoms with E-state index in [9.17, 15) is 9.50 Å². The fourth-order valence-electron chi connectivity index (χ4n) is 5.31. The van der Waals surface area contributed by atoms with E-state index in [2.05, 4.69) is 23.1 Å². The standard InChI is InChI=1S/C25H32FNO2/c1-29-23-7-5-6-20(18-23)19-24(27-16-3-2-4-17-27)12-14-25(28,15-13-24)21-8-10-22(26)11-9-21/h5-11,18,28H,2-4,12-17,19H2,1H3. The number of ether oxygens (including phenoxy) is 1. The van der Waals surface area contributed by atoms with Crippen LogP contribution in [0.2, 0.25) is 0 Å². The Morgan fingerprint density at radius 1 is 0.966 bits per heavy atom. The molecule has 1 N–H and O–H groups in total. The van der Waals surface area contributed by atoms with E-state index in [1.165, 1.54) is 37.0 Å². The summed E-state index contributed by atoms with van der Waals surface area (Å²) in [5.41, 5.74) is 1.34. The predicted octanol–water partition coefficient (Wildman–Crippen LogP) is 5.06. The van der Waals surface area contributed by atoms with Crippen molar-refractivity contribution >= 4 is 0 Å². The maximum Gasteiger partial charge on any atom is 0.123 e. The second-order valence-corrected chi connectivity index (χ2v) is 8.84. The molecule has 2 aliphatic rings. The zero-order valence-corrected chi connectivity index (χ0v) is 17.4. The summed E-state index contributed by atoms with van der Waals surface area (Å²) in [4.78, 5) is 2.68. The molecule has 156 valence electrons. The predicted molar refractivity (Wildman–Crippen MR) is 114 cm³/mol. The molecule has 0 bridgehead atoms. The second-order valence-electron chi connectivity index (χ2n) is 8.84. The van der Waals surface area contributed by atoms with E-state index in [-0.39, 0.29) is 11.4 Å². The van der Waals surface area contributed by atoms with Gasteiger partial charge in [-0.25, -0.2) is 4.39 Å². The number of methoxy groups -OCH3 is 1. The number of likely N-dealkylation sites (tertiary alicyclic amines) is 1. The van der Waals surface area contributed by atoms with Crippen molar-refractivity contribution in [3.63, 3.8) is 0 Å². The van der Waals surface area contributed by atoms with E-state index in [0.29, 0.717) is 12.8 Å². The molecule has 2 aromatic rings. The highest BCUT2D eigenvalue weighted by atomic mass is 19.1. The highest BCUT2D eigenvalue weighted by molar-refractivity contribution is 5.31. The van der Waals surface area contributed by atoms with E-state index < -0.39 is 5.60 Å². The van der Waals surface area contributed by atoms with Crippen molar-refractivity contribution in [1.82, 2.24) is 4.90 Å². The van der Waals surface area contributed by atoms with Gasteiger partial charge in [0.15, 0.2) is 0 Å². The monoisotopic (exact) mass is 397 g/mol. The van der Waals surface area contributed by atoms with E-state index in [0.717, 1.165) is 43.7 Å². The smallest absolute Gasteiger partial charge is 0.123 e. The molecule has 0 atom stereocenters. The zero-order chi connectivity index (χ0) is 20.3. The van der Waals surface area contributed by atoms with Crippen LogP contribution in [0.4, 0.5) is 4.39 Å². The molecule has 4 rings (SSSR count). The molecule has 2 fully saturated rings. The van der Waals surface area contributed by atoms with Gasteiger partial charge < -0.3 is 9.84 Å². The molecule has 0 unspecified atom stereocenters. The first kappa shape index (κ1) is 20.4. The summed E-state index contributed by atoms with van der Waals surface area (Å²) in [6.45, 7) is 2.28. The Labute approximate surface area is 173 Å². The van der Waals surface area contributed by atoms with Gasteiger partial charge in [-0.1, -0.05) is 30.7 Å². The van der Waals surface area contributed by atoms with Crippen molar-refractivity contribution in [3.05, 3.63) is 65.5 Å². The lowest BCUT2D eigenvalue weighted by molar-refractivity contribution is -0.0644. The maximum absolute atomic E-state index is 13.4. The first-order valence-corrected chi connectivity index (χ1v) is 10.9. The van der Waals surface area contributed by atoms with Crippen LogP contribution in [0.15, 0.2) is 48.5 Å². The van der Waals surface area contributed by atoms with Crippen LogP contribution in [0.1, 0.15) is 56.1 Å². The summed E-state index contributed by atoms with van der Waals surface area (Å²) < 4.78 is 18.8. The Morgan fingerprint density at radius 2 is 1.66 bits per heavy atom. The average molecular weight is 398 g/mol. The molecule has 3 nitrogen and oxygen atoms in total. The normalized spacial score (nSPS) is 28.2. The highest BCUT2D eigenvalue weighted by Crippen LogP contribution is 2.46. The topological polar surface area (TPSA) is 32.7 Å². The number of hydrogen-bond acceptors (Lipinski definition) is 3. The number of benzene rings is 2. The van der Waals surface area contributed by atoms with Gasteiger partial charge in [-0.2, -0.15) is 0 Å². The molecule has 0 spiro atoms. The lowest BCUT2D eigenvalue weighted by atomic mass is 9.68. The minimum Gasteiger partial charge on any atom is -0.497 e. The molecule has 4 heteroatoms. The van der Waals surface area contributed by atoms with Gasteiger partial charge in [0.2, 0.25) is 0 Å². The van der Waals surface area contributed by atoms with E-state index >= 15 is 0 Å². The number of rotatable bonds is 5. The van der Waals surface area contributed by atoms with Gasteiger partial charge >= 0.3 is 0 Å². The minimum atomic E-state index is -0.860. The van der Waals surface area contributed by atoms with Gasteiger partial charge in [0.05, 0.1) is 12.7 Å². The van der Waals surface area contributed by atoms with Gasteiger partial charge in [0.1, 0.15) is 11.6 Å². The van der Waals surface area contributed by atoms with Crippen LogP contribution < -0.4 is 4.74 Å². The molecular formula is C25H32FNO2. The summed E-state index contributed by atoms with van der Waals surface area (Å²) >= 11 is 0. The Hall–Kier alpha value is -1.91. The van der Waals surface area contributed by atoms with Crippen LogP contribution in [0.25, 0.3) is 0 Å². The first-order chi connectivity index (χ1) is 14.0. The van der Waals surface area contributed by atoms with Crippen LogP contribution >= 0.6 is 0 Å². The summed E-state index contributed by atoms with van der Waals surface area (Å²) in [6.07, 6.45) is 8.09. The lowest BCUT2D eigenvalue weighted by Crippen LogP contribution is -2.56. The fourth-order valence-corrected chi connectivity index (χ4v) is 5.31. The third kappa shape index (κ3) is 4.34. The van der Waals surface area contributed by atoms with Crippen molar-refractivity contribution in [3.8, 4) is 5.75 Å². The fraction of sp³-hybridized carbons (Fsp3) is 0.520. The van der Waals surface area contributed by atoms with Crippen LogP contribution in [0.5, 0.6) is 5.75 Å². The van der Waals surface area contributed by atoms with Crippen LogP contribution in [-0.2, 0) is 12.0 Å². The zero-order valence-electron chi connectivity index (χ0n) is 17.4. The molecule has 1 heterocycles. The minimum absolute atomic E-state index is 0.0685. The third-order valence-electron chi connectivity index (χ3n) is 7.08. The summed E-state index contributed by atoms with van der Waals surface area (Å²) in [6, 6.07) is 14.8. The van der Waals surface area contributed by atoms with Crippen molar-refractivity contribution in [2.45, 2.75) is 62.5 Å². The Bertz CT molecular complexity index is 806. The number of hydrogen-bond donors (Lipinski definition) is 1. The second kappa shape index (κ2) is 8.45. The quantitative estimate of drug-likeness (QED) is 0.765. The summed E-state index contributed by atoms with van der Waals surface area (Å²) in [5, 5.41) is 11.4. The van der Waals surface area contributed by atoms with E-state index in [1.807, 2.05) is 6.07 Å². The Balaban J connectivity index is 1.58. The molecule has 0 amide bonds. The SMILES string of the molecule is COc1cccc(CC2(N3CCCCC3)CCC(O)(c3ccc(F)cc3)CC2)c1. The molecule has 2 aromatic carbocycles. The number of nitrogens with zero attached hydrogens (tertiary/aromatic N) is 1. The molecule has 1 saturated heterocycles. The lowest BCUT2D eigenvalue weighted by Gasteiger charge is -2.52. The number of piperidine rings is 1. The number of halogens is 1. The maximum atomic E-state index is 13.4. The van der Waals surface area contributed by atoms with Gasteiger partial charge in [0.25, 0.3) is 0 Å². The molecular weight excluding hydrogens is 365 g/mol. The van der Waals surface area contributed by atoms with E-state index in [1.54, 1.807) is 19.2 Å². The van der Waals surface area contributed by atoms with Crippen molar-refractivity contribution in [2.24, 2.45) is 0 Å². The van der Waals surface area contributed by atoms with Crippen LogP contribution in [-0.4, -0.2) is 35.7 Å². The number of aliphatic hydroxyl groups is 1. The van der Waals surface area contributed by atoms with Crippen molar-refractivity contribution in [1.29, 1.82) is 0 Å².